The fraction of sp³-hybridized carbons (Fsp3) is 0.655. The Morgan fingerprint density at radius 2 is 1.82 bits per heavy atom. The minimum atomic E-state index is -0.920. The SMILES string of the molecule is C=C(C)CC[C@@H](C)[C@H](NCOC(C)(C)C)C(=O)NC(Cc1ccc(C2CCN(S(C)=O)CC2)cc1)C(N)=O. The third-order valence-electron chi connectivity index (χ3n) is 7.05. The Morgan fingerprint density at radius 3 is 2.32 bits per heavy atom. The van der Waals surface area contributed by atoms with Crippen LogP contribution in [0.25, 0.3) is 0 Å². The summed E-state index contributed by atoms with van der Waals surface area (Å²) in [6.45, 7) is 15.7. The average molecular weight is 549 g/mol. The van der Waals surface area contributed by atoms with Gasteiger partial charge in [0, 0.05) is 25.8 Å². The van der Waals surface area contributed by atoms with Gasteiger partial charge in [-0.3, -0.25) is 14.9 Å². The Hall–Kier alpha value is -2.07. The molecule has 214 valence electrons. The van der Waals surface area contributed by atoms with Crippen LogP contribution in [-0.4, -0.2) is 64.1 Å². The molecule has 0 saturated carbocycles. The number of nitrogens with two attached hydrogens (primary N) is 1. The van der Waals surface area contributed by atoms with Crippen molar-refractivity contribution in [3.8, 4) is 0 Å². The zero-order valence-electron chi connectivity index (χ0n) is 24.0. The molecule has 8 nitrogen and oxygen atoms in total. The second kappa shape index (κ2) is 14.9. The molecule has 0 bridgehead atoms. The number of allylic oxidation sites excluding steroid dienone is 1. The van der Waals surface area contributed by atoms with Crippen LogP contribution >= 0.6 is 0 Å². The van der Waals surface area contributed by atoms with Gasteiger partial charge in [-0.05, 0) is 76.3 Å². The largest absolute Gasteiger partial charge is 0.368 e. The molecule has 0 radical (unpaired) electrons. The summed E-state index contributed by atoms with van der Waals surface area (Å²) in [7, 11) is -0.920. The molecule has 0 aliphatic carbocycles. The molecule has 38 heavy (non-hydrogen) atoms. The smallest absolute Gasteiger partial charge is 0.240 e. The first-order valence-electron chi connectivity index (χ1n) is 13.6. The lowest BCUT2D eigenvalue weighted by Gasteiger charge is -2.30. The van der Waals surface area contributed by atoms with Gasteiger partial charge in [0.05, 0.1) is 29.4 Å². The van der Waals surface area contributed by atoms with Crippen molar-refractivity contribution in [1.29, 1.82) is 0 Å². The summed E-state index contributed by atoms with van der Waals surface area (Å²) in [5.41, 5.74) is 8.60. The second-order valence-corrected chi connectivity index (χ2v) is 13.0. The summed E-state index contributed by atoms with van der Waals surface area (Å²) in [5.74, 6) is -0.406. The van der Waals surface area contributed by atoms with Crippen LogP contribution in [0.2, 0.25) is 0 Å². The maximum atomic E-state index is 13.3. The number of hydrogen-bond donors (Lipinski definition) is 3. The third-order valence-corrected chi connectivity index (χ3v) is 8.15. The zero-order valence-corrected chi connectivity index (χ0v) is 24.9. The van der Waals surface area contributed by atoms with E-state index in [2.05, 4.69) is 29.3 Å². The number of benzene rings is 1. The van der Waals surface area contributed by atoms with Crippen molar-refractivity contribution in [3.63, 3.8) is 0 Å². The first kappa shape index (κ1) is 32.1. The molecule has 4 atom stereocenters. The minimum absolute atomic E-state index is 0.000342. The fourth-order valence-electron chi connectivity index (χ4n) is 4.63. The number of ether oxygens (including phenoxy) is 1. The predicted octanol–water partition coefficient (Wildman–Crippen LogP) is 3.40. The maximum Gasteiger partial charge on any atom is 0.240 e. The minimum Gasteiger partial charge on any atom is -0.368 e. The summed E-state index contributed by atoms with van der Waals surface area (Å²) in [4.78, 5) is 25.7. The van der Waals surface area contributed by atoms with Crippen LogP contribution in [0, 0.1) is 5.92 Å². The van der Waals surface area contributed by atoms with E-state index < -0.39 is 29.0 Å². The van der Waals surface area contributed by atoms with Gasteiger partial charge in [0.2, 0.25) is 11.8 Å². The van der Waals surface area contributed by atoms with Crippen LogP contribution in [0.3, 0.4) is 0 Å². The highest BCUT2D eigenvalue weighted by Crippen LogP contribution is 2.28. The van der Waals surface area contributed by atoms with Crippen LogP contribution in [0.1, 0.15) is 77.3 Å². The van der Waals surface area contributed by atoms with Gasteiger partial charge in [0.15, 0.2) is 0 Å². The molecule has 9 heteroatoms. The first-order valence-corrected chi connectivity index (χ1v) is 15.1. The highest BCUT2D eigenvalue weighted by atomic mass is 32.2. The molecule has 2 unspecified atom stereocenters. The van der Waals surface area contributed by atoms with Crippen LogP contribution in [0.5, 0.6) is 0 Å². The van der Waals surface area contributed by atoms with Gasteiger partial charge < -0.3 is 15.8 Å². The Morgan fingerprint density at radius 1 is 1.21 bits per heavy atom. The van der Waals surface area contributed by atoms with Crippen molar-refractivity contribution < 1.29 is 18.5 Å². The molecule has 1 fully saturated rings. The van der Waals surface area contributed by atoms with Crippen molar-refractivity contribution in [3.05, 3.63) is 47.5 Å². The van der Waals surface area contributed by atoms with Crippen molar-refractivity contribution in [2.75, 3.05) is 26.1 Å². The van der Waals surface area contributed by atoms with Crippen molar-refractivity contribution in [2.45, 2.75) is 90.3 Å². The Labute approximate surface area is 231 Å². The lowest BCUT2D eigenvalue weighted by atomic mass is 9.89. The van der Waals surface area contributed by atoms with E-state index in [4.69, 9.17) is 10.5 Å². The van der Waals surface area contributed by atoms with Crippen molar-refractivity contribution in [2.24, 2.45) is 11.7 Å². The van der Waals surface area contributed by atoms with E-state index in [-0.39, 0.29) is 24.2 Å². The molecule has 4 N–H and O–H groups in total. The highest BCUT2D eigenvalue weighted by molar-refractivity contribution is 7.81. The third kappa shape index (κ3) is 11.0. The number of nitrogens with one attached hydrogen (secondary N) is 2. The molecular formula is C29H48N4O4S. The number of amides is 2. The van der Waals surface area contributed by atoms with Gasteiger partial charge >= 0.3 is 0 Å². The molecule has 0 aromatic heterocycles. The Kier molecular flexibility index (Phi) is 12.6. The molecule has 2 amide bonds. The fourth-order valence-corrected chi connectivity index (χ4v) is 5.36. The Balaban J connectivity index is 2.04. The molecule has 1 aromatic rings. The lowest BCUT2D eigenvalue weighted by Crippen LogP contribution is -2.55. The van der Waals surface area contributed by atoms with Crippen LogP contribution in [-0.2, 0) is 31.7 Å². The number of carbonyl (C=O) groups excluding carboxylic acids is 2. The lowest BCUT2D eigenvalue weighted by molar-refractivity contribution is -0.130. The normalized spacial score (nSPS) is 18.4. The standard InChI is InChI=1S/C29H48N4O4S/c1-20(2)8-9-21(3)26(31-19-37-29(4,5)6)28(35)32-25(27(30)34)18-22-10-12-23(13-11-22)24-14-16-33(17-15-24)38(7)36/h10-13,21,24-26,31H,1,8-9,14-19H2,2-7H3,(H2,30,34)(H,32,35)/t21-,25?,26+,38?/m1/s1. The van der Waals surface area contributed by atoms with Crippen LogP contribution < -0.4 is 16.4 Å². The molecule has 1 aromatic carbocycles. The van der Waals surface area contributed by atoms with Crippen LogP contribution in [0.15, 0.2) is 36.4 Å². The van der Waals surface area contributed by atoms with Crippen LogP contribution in [0.4, 0.5) is 0 Å². The van der Waals surface area contributed by atoms with E-state index in [1.54, 1.807) is 6.26 Å². The number of nitrogens with zero attached hydrogens (tertiary/aromatic N) is 1. The number of hydrogen-bond acceptors (Lipinski definition) is 5. The summed E-state index contributed by atoms with van der Waals surface area (Å²) in [6, 6.07) is 6.83. The van der Waals surface area contributed by atoms with E-state index in [0.29, 0.717) is 12.3 Å². The molecule has 2 rings (SSSR count). The van der Waals surface area contributed by atoms with E-state index in [1.807, 2.05) is 51.1 Å². The summed E-state index contributed by atoms with van der Waals surface area (Å²) in [6.07, 6.45) is 5.58. The topological polar surface area (TPSA) is 114 Å². The molecular weight excluding hydrogens is 500 g/mol. The van der Waals surface area contributed by atoms with Gasteiger partial charge in [-0.25, -0.2) is 8.51 Å². The predicted molar refractivity (Wildman–Crippen MR) is 155 cm³/mol. The maximum absolute atomic E-state index is 13.3. The van der Waals surface area contributed by atoms with Gasteiger partial charge in [0.25, 0.3) is 0 Å². The number of carbonyl (C=O) groups is 2. The van der Waals surface area contributed by atoms with Crippen molar-refractivity contribution in [1.82, 2.24) is 14.9 Å². The van der Waals surface area contributed by atoms with Gasteiger partial charge in [0.1, 0.15) is 6.04 Å². The molecule has 1 aliphatic rings. The van der Waals surface area contributed by atoms with Gasteiger partial charge in [-0.15, -0.1) is 6.58 Å². The zero-order chi connectivity index (χ0) is 28.5. The van der Waals surface area contributed by atoms with E-state index >= 15 is 0 Å². The summed E-state index contributed by atoms with van der Waals surface area (Å²) >= 11 is 0. The van der Waals surface area contributed by atoms with E-state index in [9.17, 15) is 13.8 Å². The van der Waals surface area contributed by atoms with E-state index in [1.165, 1.54) is 5.56 Å². The quantitative estimate of drug-likeness (QED) is 0.244. The molecule has 1 aliphatic heterocycles. The second-order valence-electron chi connectivity index (χ2n) is 11.6. The van der Waals surface area contributed by atoms with Gasteiger partial charge in [-0.1, -0.05) is 36.8 Å². The summed E-state index contributed by atoms with van der Waals surface area (Å²) in [5, 5.41) is 6.11. The molecule has 0 spiro atoms. The van der Waals surface area contributed by atoms with E-state index in [0.717, 1.165) is 49.9 Å². The van der Waals surface area contributed by atoms with Gasteiger partial charge in [-0.2, -0.15) is 0 Å². The Bertz CT molecular complexity index is 952. The molecule has 1 heterocycles. The highest BCUT2D eigenvalue weighted by Gasteiger charge is 2.29. The average Bonchev–Trinajstić information content (AvgIpc) is 2.84. The van der Waals surface area contributed by atoms with Crippen molar-refractivity contribution >= 4 is 22.8 Å². The number of primary amides is 1. The first-order chi connectivity index (χ1) is 17.8. The number of piperidine rings is 1. The number of rotatable bonds is 14. The monoisotopic (exact) mass is 548 g/mol. The summed E-state index contributed by atoms with van der Waals surface area (Å²) < 4.78 is 19.5. The molecule has 1 saturated heterocycles.